The van der Waals surface area contributed by atoms with Crippen LogP contribution in [0.25, 0.3) is 5.82 Å². The molecule has 2 aromatic heterocycles. The van der Waals surface area contributed by atoms with Gasteiger partial charge in [0.05, 0.1) is 16.9 Å². The van der Waals surface area contributed by atoms with Gasteiger partial charge in [-0.1, -0.05) is 11.6 Å². The maximum atomic E-state index is 6.03. The van der Waals surface area contributed by atoms with Crippen LogP contribution in [0.1, 0.15) is 24.0 Å². The van der Waals surface area contributed by atoms with Gasteiger partial charge in [0.2, 0.25) is 0 Å². The summed E-state index contributed by atoms with van der Waals surface area (Å²) in [6, 6.07) is 0. The highest BCUT2D eigenvalue weighted by atomic mass is 35.5. The maximum absolute atomic E-state index is 6.03. The van der Waals surface area contributed by atoms with Gasteiger partial charge in [-0.2, -0.15) is 5.10 Å². The zero-order chi connectivity index (χ0) is 13.3. The first kappa shape index (κ1) is 12.8. The normalized spacial score (nSPS) is 10.7. The van der Waals surface area contributed by atoms with Crippen LogP contribution < -0.4 is 5.32 Å². The van der Waals surface area contributed by atoms with Crippen LogP contribution in [0.2, 0.25) is 5.02 Å². The van der Waals surface area contributed by atoms with Gasteiger partial charge in [0, 0.05) is 12.1 Å². The fraction of sp³-hybridized carbons (Fsp3) is 0.417. The third-order valence-corrected chi connectivity index (χ3v) is 3.00. The van der Waals surface area contributed by atoms with E-state index in [1.165, 1.54) is 0 Å². The van der Waals surface area contributed by atoms with E-state index in [0.29, 0.717) is 10.8 Å². The largest absolute Gasteiger partial charge is 0.370 e. The molecule has 0 saturated carbocycles. The molecule has 0 atom stereocenters. The van der Waals surface area contributed by atoms with E-state index in [1.807, 2.05) is 27.7 Å². The number of rotatable bonds is 3. The zero-order valence-electron chi connectivity index (χ0n) is 11.0. The van der Waals surface area contributed by atoms with Crippen molar-refractivity contribution in [2.45, 2.75) is 27.7 Å². The summed E-state index contributed by atoms with van der Waals surface area (Å²) in [5, 5.41) is 8.21. The van der Waals surface area contributed by atoms with Gasteiger partial charge < -0.3 is 5.32 Å². The number of aromatic nitrogens is 4. The van der Waals surface area contributed by atoms with Crippen molar-refractivity contribution in [1.82, 2.24) is 19.7 Å². The van der Waals surface area contributed by atoms with E-state index in [9.17, 15) is 0 Å². The Kier molecular flexibility index (Phi) is 3.52. The molecule has 0 amide bonds. The Morgan fingerprint density at radius 2 is 2.00 bits per heavy atom. The van der Waals surface area contributed by atoms with E-state index < -0.39 is 0 Å². The van der Waals surface area contributed by atoms with Crippen molar-refractivity contribution >= 4 is 17.4 Å². The van der Waals surface area contributed by atoms with Crippen molar-refractivity contribution in [3.8, 4) is 5.82 Å². The van der Waals surface area contributed by atoms with Gasteiger partial charge in [-0.15, -0.1) is 0 Å². The highest BCUT2D eigenvalue weighted by Crippen LogP contribution is 2.21. The van der Waals surface area contributed by atoms with Crippen LogP contribution in [-0.4, -0.2) is 26.3 Å². The number of aryl methyl sites for hydroxylation is 2. The lowest BCUT2D eigenvalue weighted by Gasteiger charge is -2.11. The number of halogens is 1. The summed E-state index contributed by atoms with van der Waals surface area (Å²) in [7, 11) is 0. The molecule has 5 nitrogen and oxygen atoms in total. The molecule has 6 heteroatoms. The molecule has 0 aliphatic heterocycles. The van der Waals surface area contributed by atoms with Crippen LogP contribution in [0, 0.1) is 20.8 Å². The predicted octanol–water partition coefficient (Wildman–Crippen LogP) is 2.67. The summed E-state index contributed by atoms with van der Waals surface area (Å²) in [6.07, 6.45) is 1.77. The van der Waals surface area contributed by atoms with Crippen molar-refractivity contribution in [3.05, 3.63) is 28.3 Å². The summed E-state index contributed by atoms with van der Waals surface area (Å²) < 4.78 is 1.70. The van der Waals surface area contributed by atoms with Gasteiger partial charge in [0.15, 0.2) is 5.82 Å². The fourth-order valence-electron chi connectivity index (χ4n) is 1.72. The Balaban J connectivity index is 2.56. The molecule has 0 fully saturated rings. The van der Waals surface area contributed by atoms with Crippen molar-refractivity contribution in [2.75, 3.05) is 11.9 Å². The lowest BCUT2D eigenvalue weighted by Crippen LogP contribution is -2.10. The summed E-state index contributed by atoms with van der Waals surface area (Å²) in [5.74, 6) is 2.30. The van der Waals surface area contributed by atoms with Gasteiger partial charge in [0.1, 0.15) is 11.6 Å². The Morgan fingerprint density at radius 1 is 1.28 bits per heavy atom. The molecule has 0 radical (unpaired) electrons. The Morgan fingerprint density at radius 3 is 2.56 bits per heavy atom. The number of hydrogen-bond donors (Lipinski definition) is 1. The van der Waals surface area contributed by atoms with Crippen LogP contribution in [-0.2, 0) is 0 Å². The predicted molar refractivity (Wildman–Crippen MR) is 72.5 cm³/mol. The summed E-state index contributed by atoms with van der Waals surface area (Å²) in [6.45, 7) is 8.55. The first-order valence-corrected chi connectivity index (χ1v) is 6.22. The molecule has 2 aromatic rings. The monoisotopic (exact) mass is 265 g/mol. The van der Waals surface area contributed by atoms with Crippen molar-refractivity contribution in [1.29, 1.82) is 0 Å². The standard InChI is InChI=1S/C12H16ClN5/c1-5-14-11-7(2)12(16-9(4)15-11)18-6-10(13)8(3)17-18/h6H,5H2,1-4H3,(H,14,15,16). The van der Waals surface area contributed by atoms with Gasteiger partial charge in [0.25, 0.3) is 0 Å². The summed E-state index contributed by atoms with van der Waals surface area (Å²) in [4.78, 5) is 8.81. The van der Waals surface area contributed by atoms with Crippen molar-refractivity contribution in [2.24, 2.45) is 0 Å². The molecule has 1 N–H and O–H groups in total. The number of nitrogens with one attached hydrogen (secondary N) is 1. The van der Waals surface area contributed by atoms with Crippen LogP contribution in [0.15, 0.2) is 6.20 Å². The molecule has 0 aromatic carbocycles. The van der Waals surface area contributed by atoms with Gasteiger partial charge >= 0.3 is 0 Å². The Bertz CT molecular complexity index is 557. The first-order chi connectivity index (χ1) is 8.52. The lowest BCUT2D eigenvalue weighted by atomic mass is 10.3. The topological polar surface area (TPSA) is 55.6 Å². The minimum absolute atomic E-state index is 0.635. The molecule has 0 aliphatic carbocycles. The average molecular weight is 266 g/mol. The van der Waals surface area contributed by atoms with Gasteiger partial charge in [-0.05, 0) is 27.7 Å². The lowest BCUT2D eigenvalue weighted by molar-refractivity contribution is 0.807. The van der Waals surface area contributed by atoms with Crippen molar-refractivity contribution in [3.63, 3.8) is 0 Å². The smallest absolute Gasteiger partial charge is 0.162 e. The van der Waals surface area contributed by atoms with E-state index in [2.05, 4.69) is 20.4 Å². The number of anilines is 1. The molecule has 18 heavy (non-hydrogen) atoms. The van der Waals surface area contributed by atoms with Crippen LogP contribution in [0.5, 0.6) is 0 Å². The number of hydrogen-bond acceptors (Lipinski definition) is 4. The third kappa shape index (κ3) is 2.31. The second-order valence-electron chi connectivity index (χ2n) is 4.11. The summed E-state index contributed by atoms with van der Waals surface area (Å²) in [5.41, 5.74) is 1.75. The third-order valence-electron chi connectivity index (χ3n) is 2.63. The molecule has 2 rings (SSSR count). The Labute approximate surface area is 111 Å². The SMILES string of the molecule is CCNc1nc(C)nc(-n2cc(Cl)c(C)n2)c1C. The molecule has 0 bridgehead atoms. The quantitative estimate of drug-likeness (QED) is 0.927. The van der Waals surface area contributed by atoms with Gasteiger partial charge in [-0.25, -0.2) is 14.6 Å². The first-order valence-electron chi connectivity index (χ1n) is 5.84. The van der Waals surface area contributed by atoms with Gasteiger partial charge in [-0.3, -0.25) is 0 Å². The average Bonchev–Trinajstić information content (AvgIpc) is 2.64. The minimum Gasteiger partial charge on any atom is -0.370 e. The molecule has 0 spiro atoms. The van der Waals surface area contributed by atoms with E-state index in [0.717, 1.165) is 29.4 Å². The van der Waals surface area contributed by atoms with Crippen molar-refractivity contribution < 1.29 is 0 Å². The second kappa shape index (κ2) is 4.94. The minimum atomic E-state index is 0.635. The van der Waals surface area contributed by atoms with Crippen LogP contribution >= 0.6 is 11.6 Å². The molecule has 96 valence electrons. The molecular weight excluding hydrogens is 250 g/mol. The molecule has 2 heterocycles. The Hall–Kier alpha value is -1.62. The van der Waals surface area contributed by atoms with Crippen LogP contribution in [0.3, 0.4) is 0 Å². The molecule has 0 aliphatic rings. The second-order valence-corrected chi connectivity index (χ2v) is 4.51. The van der Waals surface area contributed by atoms with E-state index in [4.69, 9.17) is 11.6 Å². The molecule has 0 unspecified atom stereocenters. The zero-order valence-corrected chi connectivity index (χ0v) is 11.7. The summed E-state index contributed by atoms with van der Waals surface area (Å²) >= 11 is 6.03. The van der Waals surface area contributed by atoms with E-state index >= 15 is 0 Å². The van der Waals surface area contributed by atoms with E-state index in [1.54, 1.807) is 10.9 Å². The number of nitrogens with zero attached hydrogens (tertiary/aromatic N) is 4. The highest BCUT2D eigenvalue weighted by molar-refractivity contribution is 6.31. The molecule has 0 saturated heterocycles. The highest BCUT2D eigenvalue weighted by Gasteiger charge is 2.12. The van der Waals surface area contributed by atoms with E-state index in [-0.39, 0.29) is 0 Å². The molecular formula is C12H16ClN5. The fourth-order valence-corrected chi connectivity index (χ4v) is 1.85. The van der Waals surface area contributed by atoms with Crippen LogP contribution in [0.4, 0.5) is 5.82 Å². The maximum Gasteiger partial charge on any atom is 0.162 e.